The molecule has 0 spiro atoms. The molecule has 1 aromatic carbocycles. The van der Waals surface area contributed by atoms with Gasteiger partial charge in [-0.05, 0) is 11.0 Å². The van der Waals surface area contributed by atoms with Crippen LogP contribution in [0.25, 0.3) is 11.3 Å². The summed E-state index contributed by atoms with van der Waals surface area (Å²) in [7, 11) is 0. The summed E-state index contributed by atoms with van der Waals surface area (Å²) in [6.45, 7) is 6.54. The summed E-state index contributed by atoms with van der Waals surface area (Å²) in [4.78, 5) is 8.50. The minimum Gasteiger partial charge on any atom is -0.230 e. The van der Waals surface area contributed by atoms with E-state index >= 15 is 0 Å². The SMILES string of the molecule is CC(C)(C)c1ccc(-c2csc(N=CC(C#N)C#N)n2)cc1. The van der Waals surface area contributed by atoms with E-state index in [4.69, 9.17) is 10.5 Å². The average Bonchev–Trinajstić information content (AvgIpc) is 2.96. The summed E-state index contributed by atoms with van der Waals surface area (Å²) in [5.41, 5.74) is 3.28. The van der Waals surface area contributed by atoms with Crippen LogP contribution in [0.15, 0.2) is 34.6 Å². The third kappa shape index (κ3) is 3.78. The second-order valence-electron chi connectivity index (χ2n) is 5.86. The van der Waals surface area contributed by atoms with Crippen LogP contribution in [0.4, 0.5) is 5.13 Å². The number of hydrogen-bond acceptors (Lipinski definition) is 5. The molecule has 0 fully saturated rings. The van der Waals surface area contributed by atoms with Gasteiger partial charge in [-0.1, -0.05) is 45.0 Å². The third-order valence-corrected chi connectivity index (χ3v) is 3.90. The van der Waals surface area contributed by atoms with Crippen molar-refractivity contribution in [3.05, 3.63) is 35.2 Å². The molecule has 1 heterocycles. The second-order valence-corrected chi connectivity index (χ2v) is 6.69. The molecule has 0 N–H and O–H groups in total. The first-order valence-electron chi connectivity index (χ1n) is 6.84. The number of aliphatic imine (C=N–C) groups is 1. The van der Waals surface area contributed by atoms with E-state index in [1.807, 2.05) is 17.5 Å². The Morgan fingerprint density at radius 3 is 2.36 bits per heavy atom. The lowest BCUT2D eigenvalue weighted by Gasteiger charge is -2.18. The van der Waals surface area contributed by atoms with Crippen LogP contribution < -0.4 is 0 Å². The molecule has 4 nitrogen and oxygen atoms in total. The van der Waals surface area contributed by atoms with E-state index in [1.165, 1.54) is 23.1 Å². The van der Waals surface area contributed by atoms with E-state index < -0.39 is 5.92 Å². The minimum atomic E-state index is -0.835. The highest BCUT2D eigenvalue weighted by Crippen LogP contribution is 2.29. The summed E-state index contributed by atoms with van der Waals surface area (Å²) >= 11 is 1.39. The Hall–Kier alpha value is -2.50. The number of rotatable bonds is 3. The van der Waals surface area contributed by atoms with Gasteiger partial charge in [0.25, 0.3) is 0 Å². The average molecular weight is 308 g/mol. The molecule has 0 aliphatic rings. The van der Waals surface area contributed by atoms with E-state index in [2.05, 4.69) is 55.0 Å². The van der Waals surface area contributed by atoms with Crippen LogP contribution in [0.2, 0.25) is 0 Å². The van der Waals surface area contributed by atoms with Crippen LogP contribution in [0, 0.1) is 28.6 Å². The van der Waals surface area contributed by atoms with Crippen LogP contribution in [-0.2, 0) is 5.41 Å². The lowest BCUT2D eigenvalue weighted by atomic mass is 9.86. The number of benzene rings is 1. The van der Waals surface area contributed by atoms with Crippen LogP contribution in [0.5, 0.6) is 0 Å². The van der Waals surface area contributed by atoms with Gasteiger partial charge < -0.3 is 0 Å². The molecule has 0 bridgehead atoms. The van der Waals surface area contributed by atoms with E-state index in [0.717, 1.165) is 11.3 Å². The quantitative estimate of drug-likeness (QED) is 0.785. The van der Waals surface area contributed by atoms with Crippen molar-refractivity contribution in [3.63, 3.8) is 0 Å². The molecule has 2 aromatic rings. The molecule has 22 heavy (non-hydrogen) atoms. The fourth-order valence-electron chi connectivity index (χ4n) is 1.83. The van der Waals surface area contributed by atoms with Crippen LogP contribution in [0.3, 0.4) is 0 Å². The fraction of sp³-hybridized carbons (Fsp3) is 0.294. The van der Waals surface area contributed by atoms with Gasteiger partial charge in [-0.2, -0.15) is 10.5 Å². The van der Waals surface area contributed by atoms with E-state index in [-0.39, 0.29) is 5.41 Å². The van der Waals surface area contributed by atoms with Crippen molar-refractivity contribution in [2.75, 3.05) is 0 Å². The summed E-state index contributed by atoms with van der Waals surface area (Å²) in [6.07, 6.45) is 1.32. The maximum atomic E-state index is 8.70. The van der Waals surface area contributed by atoms with Crippen molar-refractivity contribution in [3.8, 4) is 23.4 Å². The molecule has 1 aromatic heterocycles. The molecule has 0 saturated heterocycles. The van der Waals surface area contributed by atoms with Gasteiger partial charge in [-0.25, -0.2) is 9.98 Å². The first-order chi connectivity index (χ1) is 10.4. The molecule has 0 saturated carbocycles. The second kappa shape index (κ2) is 6.51. The minimum absolute atomic E-state index is 0.125. The molecule has 0 unspecified atom stereocenters. The van der Waals surface area contributed by atoms with Crippen molar-refractivity contribution in [1.82, 2.24) is 4.98 Å². The summed E-state index contributed by atoms with van der Waals surface area (Å²) in [6, 6.07) is 12.0. The number of hydrogen-bond donors (Lipinski definition) is 0. The maximum Gasteiger partial charge on any atom is 0.209 e. The van der Waals surface area contributed by atoms with Crippen LogP contribution >= 0.6 is 11.3 Å². The Morgan fingerprint density at radius 1 is 1.18 bits per heavy atom. The number of aromatic nitrogens is 1. The zero-order valence-corrected chi connectivity index (χ0v) is 13.6. The smallest absolute Gasteiger partial charge is 0.209 e. The van der Waals surface area contributed by atoms with Gasteiger partial charge in [-0.15, -0.1) is 11.3 Å². The summed E-state index contributed by atoms with van der Waals surface area (Å²) < 4.78 is 0. The van der Waals surface area contributed by atoms with Gasteiger partial charge >= 0.3 is 0 Å². The standard InChI is InChI=1S/C17H16N4S/c1-17(2,3)14-6-4-13(5-7-14)15-11-22-16(21-15)20-10-12(8-18)9-19/h4-7,10-12H,1-3H3. The van der Waals surface area contributed by atoms with Crippen LogP contribution in [-0.4, -0.2) is 11.2 Å². The Morgan fingerprint density at radius 2 is 1.82 bits per heavy atom. The van der Waals surface area contributed by atoms with E-state index in [9.17, 15) is 0 Å². The van der Waals surface area contributed by atoms with Crippen molar-refractivity contribution < 1.29 is 0 Å². The number of nitrogens with zero attached hydrogens (tertiary/aromatic N) is 4. The van der Waals surface area contributed by atoms with Gasteiger partial charge in [0.2, 0.25) is 5.13 Å². The molecule has 0 aliphatic heterocycles. The van der Waals surface area contributed by atoms with Gasteiger partial charge in [-0.3, -0.25) is 0 Å². The Balaban J connectivity index is 2.19. The van der Waals surface area contributed by atoms with E-state index in [1.54, 1.807) is 0 Å². The highest BCUT2D eigenvalue weighted by molar-refractivity contribution is 7.13. The van der Waals surface area contributed by atoms with Crippen molar-refractivity contribution >= 4 is 22.7 Å². The van der Waals surface area contributed by atoms with Gasteiger partial charge in [0.15, 0.2) is 5.92 Å². The van der Waals surface area contributed by atoms with Crippen molar-refractivity contribution in [1.29, 1.82) is 10.5 Å². The largest absolute Gasteiger partial charge is 0.230 e. The molecule has 2 rings (SSSR count). The Labute approximate surface area is 134 Å². The van der Waals surface area contributed by atoms with Crippen molar-refractivity contribution in [2.45, 2.75) is 26.2 Å². The molecule has 0 aliphatic carbocycles. The van der Waals surface area contributed by atoms with Gasteiger partial charge in [0, 0.05) is 17.2 Å². The normalized spacial score (nSPS) is 11.5. The lowest BCUT2D eigenvalue weighted by molar-refractivity contribution is 0.590. The zero-order chi connectivity index (χ0) is 16.2. The molecule has 5 heteroatoms. The highest BCUT2D eigenvalue weighted by atomic mass is 32.1. The molecule has 0 atom stereocenters. The van der Waals surface area contributed by atoms with Crippen molar-refractivity contribution in [2.24, 2.45) is 10.9 Å². The van der Waals surface area contributed by atoms with Gasteiger partial charge in [0.1, 0.15) is 0 Å². The summed E-state index contributed by atoms with van der Waals surface area (Å²) in [5, 5.41) is 19.9. The predicted molar refractivity (Wildman–Crippen MR) is 89.1 cm³/mol. The van der Waals surface area contributed by atoms with Crippen LogP contribution in [0.1, 0.15) is 26.3 Å². The first kappa shape index (κ1) is 15.9. The fourth-order valence-corrected chi connectivity index (χ4v) is 2.51. The molecule has 0 radical (unpaired) electrons. The zero-order valence-electron chi connectivity index (χ0n) is 12.7. The third-order valence-electron chi connectivity index (χ3n) is 3.15. The predicted octanol–water partition coefficient (Wildman–Crippen LogP) is 4.47. The Bertz CT molecular complexity index is 738. The highest BCUT2D eigenvalue weighted by Gasteiger charge is 2.13. The molecular weight excluding hydrogens is 292 g/mol. The number of thiazole rings is 1. The van der Waals surface area contributed by atoms with E-state index in [0.29, 0.717) is 5.13 Å². The molecule has 0 amide bonds. The first-order valence-corrected chi connectivity index (χ1v) is 7.72. The number of nitriles is 2. The topological polar surface area (TPSA) is 72.8 Å². The Kier molecular flexibility index (Phi) is 4.70. The summed E-state index contributed by atoms with van der Waals surface area (Å²) in [5.74, 6) is -0.835. The maximum absolute atomic E-state index is 8.70. The monoisotopic (exact) mass is 308 g/mol. The lowest BCUT2D eigenvalue weighted by Crippen LogP contribution is -2.10. The molecule has 110 valence electrons. The molecular formula is C17H16N4S. The van der Waals surface area contributed by atoms with Gasteiger partial charge in [0.05, 0.1) is 17.8 Å².